The van der Waals surface area contributed by atoms with Crippen LogP contribution in [0.25, 0.3) is 0 Å². The normalized spacial score (nSPS) is 13.2. The summed E-state index contributed by atoms with van der Waals surface area (Å²) in [6, 6.07) is 18.2. The van der Waals surface area contributed by atoms with Crippen molar-refractivity contribution in [1.29, 1.82) is 0 Å². The third-order valence-corrected chi connectivity index (χ3v) is 5.28. The largest absolute Gasteiger partial charge is 0.355 e. The van der Waals surface area contributed by atoms with Crippen molar-refractivity contribution in [3.63, 3.8) is 0 Å². The topological polar surface area (TPSA) is 45.2 Å². The number of benzene rings is 2. The lowest BCUT2D eigenvalue weighted by Crippen LogP contribution is -2.36. The third kappa shape index (κ3) is 3.56. The quantitative estimate of drug-likeness (QED) is 0.743. The first-order valence-corrected chi connectivity index (χ1v) is 9.27. The summed E-state index contributed by atoms with van der Waals surface area (Å²) in [6.07, 6.45) is 2.58. The van der Waals surface area contributed by atoms with E-state index in [0.29, 0.717) is 12.2 Å². The molecule has 0 bridgehead atoms. The van der Waals surface area contributed by atoms with Crippen molar-refractivity contribution in [3.05, 3.63) is 88.7 Å². The molecule has 1 aliphatic rings. The minimum absolute atomic E-state index is 0.0193. The third-order valence-electron chi connectivity index (χ3n) is 5.28. The zero-order valence-electron chi connectivity index (χ0n) is 15.7. The number of amides is 1. The Bertz CT molecular complexity index is 996. The molecule has 136 valence electrons. The highest BCUT2D eigenvalue weighted by molar-refractivity contribution is 5.93. The van der Waals surface area contributed by atoms with Gasteiger partial charge in [0, 0.05) is 30.7 Å². The molecule has 0 aliphatic carbocycles. The van der Waals surface area contributed by atoms with Gasteiger partial charge in [-0.3, -0.25) is 9.78 Å². The molecule has 4 rings (SSSR count). The monoisotopic (exact) mass is 357 g/mol. The molecule has 0 unspecified atom stereocenters. The summed E-state index contributed by atoms with van der Waals surface area (Å²) in [7, 11) is 0. The molecule has 0 fully saturated rings. The molecule has 4 nitrogen and oxygen atoms in total. The maximum absolute atomic E-state index is 13.0. The lowest BCUT2D eigenvalue weighted by molar-refractivity contribution is 0.0729. The zero-order valence-corrected chi connectivity index (χ0v) is 15.7. The van der Waals surface area contributed by atoms with Crippen LogP contribution in [0, 0.1) is 13.8 Å². The van der Waals surface area contributed by atoms with Gasteiger partial charge >= 0.3 is 0 Å². The summed E-state index contributed by atoms with van der Waals surface area (Å²) in [6.45, 7) is 5.56. The summed E-state index contributed by atoms with van der Waals surface area (Å²) in [5, 5.41) is 3.42. The molecule has 0 saturated heterocycles. The molecule has 2 heterocycles. The van der Waals surface area contributed by atoms with Gasteiger partial charge in [-0.15, -0.1) is 0 Å². The van der Waals surface area contributed by atoms with Gasteiger partial charge in [-0.05, 0) is 60.7 Å². The van der Waals surface area contributed by atoms with Crippen LogP contribution >= 0.6 is 0 Å². The number of rotatable bonds is 3. The van der Waals surface area contributed by atoms with Crippen LogP contribution in [0.2, 0.25) is 0 Å². The molecule has 3 aromatic rings. The highest BCUT2D eigenvalue weighted by Crippen LogP contribution is 2.24. The van der Waals surface area contributed by atoms with Gasteiger partial charge in [0.05, 0.1) is 0 Å². The van der Waals surface area contributed by atoms with Gasteiger partial charge in [0.25, 0.3) is 5.91 Å². The number of carbonyl (C=O) groups is 1. The van der Waals surface area contributed by atoms with E-state index in [1.165, 1.54) is 22.3 Å². The SMILES string of the molecule is Cc1cccc(Nc2ccnc(C(=O)N3CCc4ccccc4C3)c2)c1C. The molecule has 27 heavy (non-hydrogen) atoms. The number of aryl methyl sites for hydroxylation is 1. The second-order valence-corrected chi connectivity index (χ2v) is 7.05. The molecule has 0 radical (unpaired) electrons. The van der Waals surface area contributed by atoms with Gasteiger partial charge in [-0.25, -0.2) is 0 Å². The van der Waals surface area contributed by atoms with Crippen molar-refractivity contribution < 1.29 is 4.79 Å². The molecular formula is C23H23N3O. The fourth-order valence-corrected chi connectivity index (χ4v) is 3.50. The van der Waals surface area contributed by atoms with Crippen molar-refractivity contribution in [1.82, 2.24) is 9.88 Å². The van der Waals surface area contributed by atoms with Crippen LogP contribution in [0.3, 0.4) is 0 Å². The Morgan fingerprint density at radius 3 is 2.70 bits per heavy atom. The number of nitrogens with zero attached hydrogens (tertiary/aromatic N) is 2. The van der Waals surface area contributed by atoms with Gasteiger partial charge in [0.1, 0.15) is 5.69 Å². The second kappa shape index (κ2) is 7.23. The fourth-order valence-electron chi connectivity index (χ4n) is 3.50. The molecule has 4 heteroatoms. The van der Waals surface area contributed by atoms with Crippen molar-refractivity contribution in [2.75, 3.05) is 11.9 Å². The van der Waals surface area contributed by atoms with Crippen LogP contribution in [0.1, 0.15) is 32.7 Å². The van der Waals surface area contributed by atoms with E-state index in [4.69, 9.17) is 0 Å². The Kier molecular flexibility index (Phi) is 4.63. The van der Waals surface area contributed by atoms with Crippen LogP contribution in [0.5, 0.6) is 0 Å². The standard InChI is InChI=1S/C23H23N3O/c1-16-6-5-9-21(17(16)2)25-20-10-12-24-22(14-20)23(27)26-13-11-18-7-3-4-8-19(18)15-26/h3-10,12,14H,11,13,15H2,1-2H3,(H,24,25). The van der Waals surface area contributed by atoms with Crippen molar-refractivity contribution >= 4 is 17.3 Å². The summed E-state index contributed by atoms with van der Waals surface area (Å²) in [4.78, 5) is 19.2. The molecule has 1 aliphatic heterocycles. The summed E-state index contributed by atoms with van der Waals surface area (Å²) >= 11 is 0. The van der Waals surface area contributed by atoms with E-state index in [1.54, 1.807) is 6.20 Å². The van der Waals surface area contributed by atoms with Crippen molar-refractivity contribution in [2.45, 2.75) is 26.8 Å². The summed E-state index contributed by atoms with van der Waals surface area (Å²) in [5.74, 6) is -0.0193. The first-order chi connectivity index (χ1) is 13.1. The van der Waals surface area contributed by atoms with E-state index >= 15 is 0 Å². The van der Waals surface area contributed by atoms with E-state index < -0.39 is 0 Å². The van der Waals surface area contributed by atoms with E-state index in [9.17, 15) is 4.79 Å². The van der Waals surface area contributed by atoms with Gasteiger partial charge in [0.2, 0.25) is 0 Å². The van der Waals surface area contributed by atoms with E-state index in [0.717, 1.165) is 24.3 Å². The second-order valence-electron chi connectivity index (χ2n) is 7.05. The Balaban J connectivity index is 1.54. The maximum atomic E-state index is 13.0. The first kappa shape index (κ1) is 17.3. The van der Waals surface area contributed by atoms with Crippen molar-refractivity contribution in [2.24, 2.45) is 0 Å². The Labute approximate surface area is 159 Å². The van der Waals surface area contributed by atoms with Gasteiger partial charge in [0.15, 0.2) is 0 Å². The molecule has 0 saturated carbocycles. The Morgan fingerprint density at radius 2 is 1.85 bits per heavy atom. The smallest absolute Gasteiger partial charge is 0.272 e. The van der Waals surface area contributed by atoms with Crippen molar-refractivity contribution in [3.8, 4) is 0 Å². The van der Waals surface area contributed by atoms with E-state index in [-0.39, 0.29) is 5.91 Å². The number of fused-ring (bicyclic) bond motifs is 1. The van der Waals surface area contributed by atoms with Crippen LogP contribution in [0.4, 0.5) is 11.4 Å². The Hall–Kier alpha value is -3.14. The number of aromatic nitrogens is 1. The highest BCUT2D eigenvalue weighted by Gasteiger charge is 2.22. The summed E-state index contributed by atoms with van der Waals surface area (Å²) < 4.78 is 0. The molecule has 1 amide bonds. The molecule has 1 N–H and O–H groups in total. The average Bonchev–Trinajstić information content (AvgIpc) is 2.71. The van der Waals surface area contributed by atoms with E-state index in [2.05, 4.69) is 48.4 Å². The summed E-state index contributed by atoms with van der Waals surface area (Å²) in [5.41, 5.74) is 7.39. The zero-order chi connectivity index (χ0) is 18.8. The minimum Gasteiger partial charge on any atom is -0.355 e. The predicted octanol–water partition coefficient (Wildman–Crippen LogP) is 4.64. The first-order valence-electron chi connectivity index (χ1n) is 9.27. The predicted molar refractivity (Wildman–Crippen MR) is 108 cm³/mol. The molecule has 1 aromatic heterocycles. The molecule has 0 spiro atoms. The van der Waals surface area contributed by atoms with Crippen LogP contribution < -0.4 is 5.32 Å². The van der Waals surface area contributed by atoms with Crippen LogP contribution in [-0.2, 0) is 13.0 Å². The number of carbonyl (C=O) groups excluding carboxylic acids is 1. The van der Waals surface area contributed by atoms with Crippen LogP contribution in [-0.4, -0.2) is 22.3 Å². The number of hydrogen-bond donors (Lipinski definition) is 1. The number of pyridine rings is 1. The van der Waals surface area contributed by atoms with Gasteiger partial charge in [-0.1, -0.05) is 36.4 Å². The van der Waals surface area contributed by atoms with Gasteiger partial charge < -0.3 is 10.2 Å². The fraction of sp³-hybridized carbons (Fsp3) is 0.217. The number of anilines is 2. The van der Waals surface area contributed by atoms with Crippen LogP contribution in [0.15, 0.2) is 60.8 Å². The molecule has 0 atom stereocenters. The van der Waals surface area contributed by atoms with E-state index in [1.807, 2.05) is 35.2 Å². The molecular weight excluding hydrogens is 334 g/mol. The highest BCUT2D eigenvalue weighted by atomic mass is 16.2. The lowest BCUT2D eigenvalue weighted by atomic mass is 10.00. The average molecular weight is 357 g/mol. The van der Waals surface area contributed by atoms with Gasteiger partial charge in [-0.2, -0.15) is 0 Å². The minimum atomic E-state index is -0.0193. The Morgan fingerprint density at radius 1 is 1.04 bits per heavy atom. The maximum Gasteiger partial charge on any atom is 0.272 e. The number of nitrogens with one attached hydrogen (secondary N) is 1. The molecule has 2 aromatic carbocycles. The lowest BCUT2D eigenvalue weighted by Gasteiger charge is -2.28. The number of hydrogen-bond acceptors (Lipinski definition) is 3.